The third-order valence-corrected chi connectivity index (χ3v) is 6.19. The lowest BCUT2D eigenvalue weighted by molar-refractivity contribution is 0.0964. The Labute approximate surface area is 146 Å². The molecule has 1 aliphatic heterocycles. The molecule has 2 unspecified atom stereocenters. The van der Waals surface area contributed by atoms with E-state index in [1.165, 1.54) is 10.6 Å². The first-order valence-corrected chi connectivity index (χ1v) is 10.2. The molecule has 2 aliphatic rings. The summed E-state index contributed by atoms with van der Waals surface area (Å²) in [5, 5.41) is 7.27. The monoisotopic (exact) mass is 364 g/mol. The second-order valence-electron chi connectivity index (χ2n) is 6.73. The van der Waals surface area contributed by atoms with Gasteiger partial charge in [-0.05, 0) is 31.7 Å². The van der Waals surface area contributed by atoms with Crippen LogP contribution in [0.5, 0.6) is 0 Å². The third-order valence-electron chi connectivity index (χ3n) is 4.91. The zero-order valence-electron chi connectivity index (χ0n) is 14.2. The highest BCUT2D eigenvalue weighted by Crippen LogP contribution is 2.42. The van der Waals surface area contributed by atoms with E-state index >= 15 is 0 Å². The zero-order valence-corrected chi connectivity index (χ0v) is 15.0. The van der Waals surface area contributed by atoms with Crippen LogP contribution in [0.1, 0.15) is 59.4 Å². The Kier molecular flexibility index (Phi) is 3.89. The molecule has 2 aromatic heterocycles. The third kappa shape index (κ3) is 2.86. The molecule has 0 aromatic carbocycles. The minimum atomic E-state index is -3.37. The number of aromatic nitrogens is 2. The molecule has 1 N–H and O–H groups in total. The van der Waals surface area contributed by atoms with Crippen LogP contribution in [0.2, 0.25) is 0 Å². The highest BCUT2D eigenvalue weighted by Gasteiger charge is 2.40. The van der Waals surface area contributed by atoms with Crippen LogP contribution >= 0.6 is 0 Å². The van der Waals surface area contributed by atoms with Crippen LogP contribution in [0, 0.1) is 0 Å². The fraction of sp³-hybridized carbons (Fsp3) is 0.562. The number of hydrogen-bond acceptors (Lipinski definition) is 6. The number of nitrogens with zero attached hydrogens (tertiary/aromatic N) is 3. The number of hydrogen-bond donors (Lipinski definition) is 1. The van der Waals surface area contributed by atoms with Crippen molar-refractivity contribution in [3.8, 4) is 0 Å². The van der Waals surface area contributed by atoms with E-state index in [1.807, 2.05) is 0 Å². The van der Waals surface area contributed by atoms with E-state index in [1.54, 1.807) is 13.1 Å². The Morgan fingerprint density at radius 2 is 2.20 bits per heavy atom. The molecule has 134 valence electrons. The summed E-state index contributed by atoms with van der Waals surface area (Å²) >= 11 is 0. The lowest BCUT2D eigenvalue weighted by Gasteiger charge is -2.25. The normalized spacial score (nSPS) is 23.7. The summed E-state index contributed by atoms with van der Waals surface area (Å²) in [7, 11) is -1.80. The molecule has 1 amide bonds. The lowest BCUT2D eigenvalue weighted by atomic mass is 10.0. The highest BCUT2D eigenvalue weighted by atomic mass is 32.3. The molecule has 25 heavy (non-hydrogen) atoms. The first kappa shape index (κ1) is 16.6. The average Bonchev–Trinajstić information content (AvgIpc) is 3.14. The smallest absolute Gasteiger partial charge is 0.259 e. The number of rotatable bonds is 4. The number of fused-ring (bicyclic) bond motifs is 1. The summed E-state index contributed by atoms with van der Waals surface area (Å²) < 4.78 is 31.0. The summed E-state index contributed by atoms with van der Waals surface area (Å²) in [5.74, 6) is 0.114. The quantitative estimate of drug-likeness (QED) is 0.828. The van der Waals surface area contributed by atoms with Crippen molar-refractivity contribution in [2.45, 2.75) is 37.6 Å². The van der Waals surface area contributed by atoms with Crippen molar-refractivity contribution < 1.29 is 18.1 Å². The fourth-order valence-corrected chi connectivity index (χ4v) is 4.66. The molecule has 0 bridgehead atoms. The van der Waals surface area contributed by atoms with Crippen molar-refractivity contribution >= 4 is 27.4 Å². The van der Waals surface area contributed by atoms with Gasteiger partial charge in [-0.25, -0.2) is 4.98 Å². The number of sulfonamides is 1. The first-order chi connectivity index (χ1) is 11.9. The summed E-state index contributed by atoms with van der Waals surface area (Å²) in [4.78, 5) is 16.9. The van der Waals surface area contributed by atoms with Crippen molar-refractivity contribution in [1.29, 1.82) is 0 Å². The lowest BCUT2D eigenvalue weighted by Crippen LogP contribution is -2.34. The van der Waals surface area contributed by atoms with Crippen molar-refractivity contribution in [3.63, 3.8) is 0 Å². The maximum absolute atomic E-state index is 12.4. The van der Waals surface area contributed by atoms with Crippen molar-refractivity contribution in [2.75, 3.05) is 19.8 Å². The molecule has 0 spiro atoms. The summed E-state index contributed by atoms with van der Waals surface area (Å²) in [6, 6.07) is 1.37. The Bertz CT molecular complexity index is 886. The predicted octanol–water partition coefficient (Wildman–Crippen LogP) is 1.77. The maximum Gasteiger partial charge on any atom is 0.259 e. The Hall–Kier alpha value is -1.84. The minimum Gasteiger partial charge on any atom is -0.598 e. The van der Waals surface area contributed by atoms with Crippen LogP contribution in [0.25, 0.3) is 11.1 Å². The second-order valence-corrected chi connectivity index (χ2v) is 8.66. The van der Waals surface area contributed by atoms with Crippen molar-refractivity contribution in [2.24, 2.45) is 0 Å². The van der Waals surface area contributed by atoms with Crippen LogP contribution in [0.15, 0.2) is 10.6 Å². The number of nitrogens with one attached hydrogen (secondary N) is 1. The van der Waals surface area contributed by atoms with E-state index < -0.39 is 16.4 Å². The van der Waals surface area contributed by atoms with E-state index in [0.717, 1.165) is 25.0 Å². The largest absolute Gasteiger partial charge is 0.598 e. The van der Waals surface area contributed by atoms with E-state index in [9.17, 15) is 13.6 Å². The van der Waals surface area contributed by atoms with Gasteiger partial charge in [-0.2, -0.15) is 0 Å². The summed E-state index contributed by atoms with van der Waals surface area (Å²) in [5.41, 5.74) is 2.07. The van der Waals surface area contributed by atoms with Crippen molar-refractivity contribution in [3.05, 3.63) is 23.0 Å². The van der Waals surface area contributed by atoms with E-state index in [0.29, 0.717) is 41.2 Å². The number of carbonyl (C=O) groups is 1. The second kappa shape index (κ2) is 5.86. The number of pyridine rings is 1. The van der Waals surface area contributed by atoms with Crippen LogP contribution in [0.3, 0.4) is 0 Å². The van der Waals surface area contributed by atoms with Gasteiger partial charge in [0.25, 0.3) is 11.6 Å². The minimum absolute atomic E-state index is 0.248. The molecule has 4 rings (SSSR count). The molecule has 0 radical (unpaired) electrons. The van der Waals surface area contributed by atoms with Gasteiger partial charge in [0, 0.05) is 25.2 Å². The standard InChI is InChI=1S/C16H20N4O4S/c1-17-15(21)10-8-11(9-5-6-9)18-16-13(10)14(19-24-16)12-4-3-7-20(12)25(2,22)23/h8-9,12H,3-7H2,1-2H3,(H-,17,21,22,23). The number of carbonyl (C=O) groups excluding carboxylic acids is 1. The first-order valence-electron chi connectivity index (χ1n) is 8.39. The summed E-state index contributed by atoms with van der Waals surface area (Å²) in [6.45, 7) is 0.445. The average molecular weight is 364 g/mol. The van der Waals surface area contributed by atoms with Crippen molar-refractivity contribution in [1.82, 2.24) is 19.8 Å². The number of amides is 1. The summed E-state index contributed by atoms with van der Waals surface area (Å²) in [6.07, 6.45) is 4.69. The van der Waals surface area contributed by atoms with Gasteiger partial charge in [-0.1, -0.05) is 9.37 Å². The molecular weight excluding hydrogens is 344 g/mol. The van der Waals surface area contributed by atoms with Gasteiger partial charge in [-0.3, -0.25) is 4.79 Å². The molecular formula is C16H20N4O4S. The van der Waals surface area contributed by atoms with Gasteiger partial charge < -0.3 is 14.4 Å². The van der Waals surface area contributed by atoms with Gasteiger partial charge in [-0.15, -0.1) is 4.31 Å². The molecule has 8 nitrogen and oxygen atoms in total. The molecule has 1 aliphatic carbocycles. The maximum atomic E-state index is 12.4. The molecule has 9 heteroatoms. The van der Waals surface area contributed by atoms with Crippen LogP contribution < -0.4 is 5.32 Å². The molecule has 2 aromatic rings. The van der Waals surface area contributed by atoms with Gasteiger partial charge in [0.15, 0.2) is 0 Å². The van der Waals surface area contributed by atoms with Gasteiger partial charge >= 0.3 is 0 Å². The van der Waals surface area contributed by atoms with Gasteiger partial charge in [0.1, 0.15) is 28.4 Å². The highest BCUT2D eigenvalue weighted by molar-refractivity contribution is 7.94. The van der Waals surface area contributed by atoms with Crippen LogP contribution in [-0.2, 0) is 14.6 Å². The Morgan fingerprint density at radius 1 is 1.44 bits per heavy atom. The van der Waals surface area contributed by atoms with E-state index in [4.69, 9.17) is 4.52 Å². The molecule has 2 atom stereocenters. The predicted molar refractivity (Wildman–Crippen MR) is 90.6 cm³/mol. The zero-order chi connectivity index (χ0) is 17.8. The Morgan fingerprint density at radius 3 is 2.84 bits per heavy atom. The Balaban J connectivity index is 1.88. The van der Waals surface area contributed by atoms with Crippen LogP contribution in [0.4, 0.5) is 0 Å². The topological polar surface area (TPSA) is 111 Å². The molecule has 1 saturated carbocycles. The van der Waals surface area contributed by atoms with E-state index in [2.05, 4.69) is 15.5 Å². The molecule has 1 saturated heterocycles. The van der Waals surface area contributed by atoms with E-state index in [-0.39, 0.29) is 5.91 Å². The fourth-order valence-electron chi connectivity index (χ4n) is 3.53. The van der Waals surface area contributed by atoms with Crippen LogP contribution in [-0.4, -0.2) is 44.8 Å². The molecule has 2 fully saturated rings. The van der Waals surface area contributed by atoms with Gasteiger partial charge in [0.2, 0.25) is 0 Å². The van der Waals surface area contributed by atoms with Gasteiger partial charge in [0.05, 0.1) is 10.9 Å². The molecule has 3 heterocycles. The SMILES string of the molecule is CNC(=O)c1cc(C2CC2)nc2onc(C3CCCN3[S+](C)(=O)[O-])c12.